The number of esters is 1. The third-order valence-electron chi connectivity index (χ3n) is 3.97. The quantitative estimate of drug-likeness (QED) is 0.682. The fourth-order valence-corrected chi connectivity index (χ4v) is 4.05. The maximum absolute atomic E-state index is 12.0. The zero-order chi connectivity index (χ0) is 18.4. The van der Waals surface area contributed by atoms with Crippen LogP contribution >= 0.6 is 11.8 Å². The standard InChI is InChI=1S/C21H20O4S/c1-23-18(14-13-16-9-5-3-6-10-16)21(19(24-2)15-20(22)25-21)26-17-11-7-4-8-12-17/h3-15,18H,1-2H3/b14-13+/t18-,21-/m0/s1. The zero-order valence-corrected chi connectivity index (χ0v) is 15.4. The van der Waals surface area contributed by atoms with Crippen LogP contribution in [-0.4, -0.2) is 31.2 Å². The molecule has 2 atom stereocenters. The molecule has 0 aromatic heterocycles. The molecule has 1 aliphatic heterocycles. The van der Waals surface area contributed by atoms with Crippen LogP contribution in [0.25, 0.3) is 6.08 Å². The molecule has 1 heterocycles. The number of hydrogen-bond acceptors (Lipinski definition) is 5. The van der Waals surface area contributed by atoms with E-state index in [0.29, 0.717) is 5.76 Å². The average Bonchev–Trinajstić information content (AvgIpc) is 3.00. The highest BCUT2D eigenvalue weighted by molar-refractivity contribution is 8.00. The van der Waals surface area contributed by atoms with Gasteiger partial charge in [0.15, 0.2) is 5.76 Å². The second kappa shape index (κ2) is 8.25. The van der Waals surface area contributed by atoms with Crippen molar-refractivity contribution in [1.82, 2.24) is 0 Å². The smallest absolute Gasteiger partial charge is 0.336 e. The van der Waals surface area contributed by atoms with Crippen LogP contribution in [-0.2, 0) is 19.0 Å². The predicted molar refractivity (Wildman–Crippen MR) is 102 cm³/mol. The van der Waals surface area contributed by atoms with Gasteiger partial charge in [-0.15, -0.1) is 0 Å². The molecule has 0 saturated heterocycles. The Kier molecular flexibility index (Phi) is 5.81. The molecule has 4 nitrogen and oxygen atoms in total. The maximum atomic E-state index is 12.0. The molecule has 26 heavy (non-hydrogen) atoms. The monoisotopic (exact) mass is 368 g/mol. The third kappa shape index (κ3) is 3.84. The van der Waals surface area contributed by atoms with E-state index in [2.05, 4.69) is 0 Å². The van der Waals surface area contributed by atoms with Gasteiger partial charge in [-0.1, -0.05) is 66.4 Å². The molecule has 2 aromatic carbocycles. The summed E-state index contributed by atoms with van der Waals surface area (Å²) < 4.78 is 16.9. The van der Waals surface area contributed by atoms with Gasteiger partial charge < -0.3 is 14.2 Å². The Morgan fingerprint density at radius 1 is 1.04 bits per heavy atom. The highest BCUT2D eigenvalue weighted by atomic mass is 32.2. The van der Waals surface area contributed by atoms with Gasteiger partial charge in [0.05, 0.1) is 13.2 Å². The highest BCUT2D eigenvalue weighted by Crippen LogP contribution is 2.47. The fraction of sp³-hybridized carbons (Fsp3) is 0.190. The van der Waals surface area contributed by atoms with Crippen LogP contribution in [0.4, 0.5) is 0 Å². The minimum absolute atomic E-state index is 0.431. The van der Waals surface area contributed by atoms with Crippen LogP contribution in [0.3, 0.4) is 0 Å². The summed E-state index contributed by atoms with van der Waals surface area (Å²) in [6.07, 6.45) is 4.67. The molecule has 0 fully saturated rings. The molecule has 134 valence electrons. The van der Waals surface area contributed by atoms with Crippen LogP contribution in [0.2, 0.25) is 0 Å². The van der Waals surface area contributed by atoms with Gasteiger partial charge in [-0.05, 0) is 23.8 Å². The molecule has 1 aliphatic rings. The molecule has 2 aromatic rings. The number of rotatable bonds is 7. The van der Waals surface area contributed by atoms with Crippen molar-refractivity contribution in [3.05, 3.63) is 84.1 Å². The molecule has 0 unspecified atom stereocenters. The minimum Gasteiger partial charge on any atom is -0.495 e. The summed E-state index contributed by atoms with van der Waals surface area (Å²) in [5.41, 5.74) is 1.03. The van der Waals surface area contributed by atoms with Gasteiger partial charge in [-0.3, -0.25) is 0 Å². The first kappa shape index (κ1) is 18.3. The lowest BCUT2D eigenvalue weighted by Crippen LogP contribution is -2.42. The molecule has 5 heteroatoms. The summed E-state index contributed by atoms with van der Waals surface area (Å²) in [6.45, 7) is 0. The summed E-state index contributed by atoms with van der Waals surface area (Å²) in [4.78, 5) is 11.9. The van der Waals surface area contributed by atoms with Crippen LogP contribution in [0, 0.1) is 0 Å². The molecule has 0 amide bonds. The Labute approximate surface area is 157 Å². The van der Waals surface area contributed by atoms with E-state index in [1.165, 1.54) is 24.9 Å². The first-order chi connectivity index (χ1) is 12.7. The number of methoxy groups -OCH3 is 2. The fourth-order valence-electron chi connectivity index (χ4n) is 2.75. The normalized spacial score (nSPS) is 20.7. The number of thioether (sulfide) groups is 1. The van der Waals surface area contributed by atoms with E-state index < -0.39 is 17.0 Å². The molecular formula is C21H20O4S. The van der Waals surface area contributed by atoms with Crippen molar-refractivity contribution in [2.75, 3.05) is 14.2 Å². The number of hydrogen-bond donors (Lipinski definition) is 0. The molecule has 0 radical (unpaired) electrons. The van der Waals surface area contributed by atoms with Gasteiger partial charge in [-0.2, -0.15) is 0 Å². The summed E-state index contributed by atoms with van der Waals surface area (Å²) in [5, 5.41) is 0. The Hall–Kier alpha value is -2.50. The molecule has 3 rings (SSSR count). The van der Waals surface area contributed by atoms with Crippen LogP contribution in [0.1, 0.15) is 5.56 Å². The Morgan fingerprint density at radius 2 is 1.69 bits per heavy atom. The van der Waals surface area contributed by atoms with E-state index in [1.54, 1.807) is 7.11 Å². The van der Waals surface area contributed by atoms with E-state index >= 15 is 0 Å². The molecule has 0 aliphatic carbocycles. The third-order valence-corrected chi connectivity index (χ3v) is 5.30. The van der Waals surface area contributed by atoms with Crippen LogP contribution in [0.15, 0.2) is 83.5 Å². The summed E-state index contributed by atoms with van der Waals surface area (Å²) in [6, 6.07) is 19.6. The summed E-state index contributed by atoms with van der Waals surface area (Å²) in [5.74, 6) is -0.0126. The SMILES string of the molecule is COC1=CC(=O)O[C@]1(Sc1ccccc1)[C@H](/C=C/c1ccccc1)OC. The Bertz CT molecular complexity index is 801. The van der Waals surface area contributed by atoms with Crippen molar-refractivity contribution in [2.24, 2.45) is 0 Å². The van der Waals surface area contributed by atoms with E-state index in [-0.39, 0.29) is 0 Å². The van der Waals surface area contributed by atoms with Crippen molar-refractivity contribution in [1.29, 1.82) is 0 Å². The number of carbonyl (C=O) groups excluding carboxylic acids is 1. The second-order valence-electron chi connectivity index (χ2n) is 5.64. The number of cyclic esters (lactones) is 1. The predicted octanol–water partition coefficient (Wildman–Crippen LogP) is 4.29. The van der Waals surface area contributed by atoms with E-state index in [1.807, 2.05) is 72.8 Å². The number of ether oxygens (including phenoxy) is 3. The van der Waals surface area contributed by atoms with Gasteiger partial charge in [0.1, 0.15) is 6.10 Å². The van der Waals surface area contributed by atoms with Crippen molar-refractivity contribution >= 4 is 23.8 Å². The van der Waals surface area contributed by atoms with Gasteiger partial charge in [0, 0.05) is 12.0 Å². The lowest BCUT2D eigenvalue weighted by molar-refractivity contribution is -0.146. The van der Waals surface area contributed by atoms with Gasteiger partial charge in [0.25, 0.3) is 0 Å². The van der Waals surface area contributed by atoms with Gasteiger partial charge in [0.2, 0.25) is 4.93 Å². The van der Waals surface area contributed by atoms with Crippen LogP contribution < -0.4 is 0 Å². The van der Waals surface area contributed by atoms with Crippen LogP contribution in [0.5, 0.6) is 0 Å². The first-order valence-electron chi connectivity index (χ1n) is 8.17. The Balaban J connectivity index is 1.97. The maximum Gasteiger partial charge on any atom is 0.336 e. The second-order valence-corrected chi connectivity index (χ2v) is 6.92. The van der Waals surface area contributed by atoms with Crippen molar-refractivity contribution in [3.63, 3.8) is 0 Å². The van der Waals surface area contributed by atoms with Gasteiger partial charge in [-0.25, -0.2) is 4.79 Å². The van der Waals surface area contributed by atoms with E-state index in [4.69, 9.17) is 14.2 Å². The molecule has 0 spiro atoms. The number of carbonyl (C=O) groups is 1. The lowest BCUT2D eigenvalue weighted by atomic mass is 10.1. The van der Waals surface area contributed by atoms with Crippen molar-refractivity contribution < 1.29 is 19.0 Å². The molecule has 0 bridgehead atoms. The summed E-state index contributed by atoms with van der Waals surface area (Å²) in [7, 11) is 3.12. The molecule has 0 N–H and O–H groups in total. The minimum atomic E-state index is -1.12. The first-order valence-corrected chi connectivity index (χ1v) is 8.99. The average molecular weight is 368 g/mol. The highest BCUT2D eigenvalue weighted by Gasteiger charge is 2.52. The zero-order valence-electron chi connectivity index (χ0n) is 14.6. The molecule has 0 saturated carbocycles. The summed E-state index contributed by atoms with van der Waals surface area (Å²) >= 11 is 1.39. The van der Waals surface area contributed by atoms with E-state index in [9.17, 15) is 4.79 Å². The van der Waals surface area contributed by atoms with Gasteiger partial charge >= 0.3 is 5.97 Å². The van der Waals surface area contributed by atoms with Crippen molar-refractivity contribution in [2.45, 2.75) is 15.9 Å². The Morgan fingerprint density at radius 3 is 2.31 bits per heavy atom. The molecular weight excluding hydrogens is 348 g/mol. The van der Waals surface area contributed by atoms with E-state index in [0.717, 1.165) is 10.5 Å². The number of benzene rings is 2. The lowest BCUT2D eigenvalue weighted by Gasteiger charge is -2.34. The topological polar surface area (TPSA) is 44.8 Å². The van der Waals surface area contributed by atoms with Crippen molar-refractivity contribution in [3.8, 4) is 0 Å². The largest absolute Gasteiger partial charge is 0.495 e.